The van der Waals surface area contributed by atoms with E-state index in [9.17, 15) is 4.79 Å². The molecular formula is C23H30N2O3. The van der Waals surface area contributed by atoms with Crippen molar-refractivity contribution in [3.05, 3.63) is 54.1 Å². The first-order valence-corrected chi connectivity index (χ1v) is 9.84. The molecule has 0 bridgehead atoms. The summed E-state index contributed by atoms with van der Waals surface area (Å²) in [6.07, 6.45) is -0.595. The fourth-order valence-corrected chi connectivity index (χ4v) is 3.25. The third-order valence-corrected chi connectivity index (χ3v) is 4.88. The number of hydrogen-bond donors (Lipinski definition) is 1. The molecule has 1 amide bonds. The van der Waals surface area contributed by atoms with Crippen molar-refractivity contribution in [3.8, 4) is 5.75 Å². The fourth-order valence-electron chi connectivity index (χ4n) is 3.25. The Labute approximate surface area is 167 Å². The Hall–Kier alpha value is -2.53. The van der Waals surface area contributed by atoms with Gasteiger partial charge in [-0.2, -0.15) is 0 Å². The van der Waals surface area contributed by atoms with Gasteiger partial charge in [0, 0.05) is 24.5 Å². The molecule has 1 heterocycles. The maximum absolute atomic E-state index is 12.6. The molecule has 2 aromatic rings. The maximum atomic E-state index is 12.6. The number of rotatable bonds is 5. The third kappa shape index (κ3) is 5.04. The first-order valence-electron chi connectivity index (χ1n) is 9.84. The quantitative estimate of drug-likeness (QED) is 0.841. The average molecular weight is 383 g/mol. The Morgan fingerprint density at radius 2 is 1.71 bits per heavy atom. The predicted molar refractivity (Wildman–Crippen MR) is 113 cm³/mol. The van der Waals surface area contributed by atoms with Gasteiger partial charge < -0.3 is 19.7 Å². The van der Waals surface area contributed by atoms with Crippen LogP contribution in [0.15, 0.2) is 48.5 Å². The SMILES string of the molecule is CC(Oc1ccccc1C(C)(C)C)C(=O)Nc1ccc(N2CCOCC2)cc1. The van der Waals surface area contributed by atoms with Gasteiger partial charge in [-0.3, -0.25) is 4.79 Å². The lowest BCUT2D eigenvalue weighted by Crippen LogP contribution is -2.36. The molecule has 1 unspecified atom stereocenters. The number of nitrogens with zero attached hydrogens (tertiary/aromatic N) is 1. The van der Waals surface area contributed by atoms with E-state index in [2.05, 4.69) is 31.0 Å². The number of benzene rings is 2. The van der Waals surface area contributed by atoms with E-state index < -0.39 is 6.10 Å². The van der Waals surface area contributed by atoms with Crippen molar-refractivity contribution >= 4 is 17.3 Å². The minimum absolute atomic E-state index is 0.0535. The van der Waals surface area contributed by atoms with Crippen LogP contribution in [0.4, 0.5) is 11.4 Å². The number of morpholine rings is 1. The van der Waals surface area contributed by atoms with Gasteiger partial charge in [-0.05, 0) is 48.2 Å². The third-order valence-electron chi connectivity index (χ3n) is 4.88. The van der Waals surface area contributed by atoms with Crippen LogP contribution in [0.2, 0.25) is 0 Å². The zero-order chi connectivity index (χ0) is 20.1. The molecule has 0 aromatic heterocycles. The first-order chi connectivity index (χ1) is 13.3. The summed E-state index contributed by atoms with van der Waals surface area (Å²) in [7, 11) is 0. The van der Waals surface area contributed by atoms with Gasteiger partial charge in [0.25, 0.3) is 5.91 Å². The van der Waals surface area contributed by atoms with Crippen LogP contribution in [0.5, 0.6) is 5.75 Å². The minimum Gasteiger partial charge on any atom is -0.481 e. The van der Waals surface area contributed by atoms with E-state index in [-0.39, 0.29) is 11.3 Å². The number of para-hydroxylation sites is 1. The summed E-state index contributed by atoms with van der Waals surface area (Å²) in [5.41, 5.74) is 2.94. The molecule has 1 fully saturated rings. The van der Waals surface area contributed by atoms with Crippen molar-refractivity contribution < 1.29 is 14.3 Å². The molecule has 150 valence electrons. The highest BCUT2D eigenvalue weighted by atomic mass is 16.5. The van der Waals surface area contributed by atoms with Crippen molar-refractivity contribution in [2.45, 2.75) is 39.2 Å². The second kappa shape index (κ2) is 8.65. The molecule has 5 heteroatoms. The van der Waals surface area contributed by atoms with Crippen molar-refractivity contribution in [2.24, 2.45) is 0 Å². The van der Waals surface area contributed by atoms with E-state index in [0.717, 1.165) is 49.0 Å². The fraction of sp³-hybridized carbons (Fsp3) is 0.435. The summed E-state index contributed by atoms with van der Waals surface area (Å²) in [5, 5.41) is 2.94. The monoisotopic (exact) mass is 382 g/mol. The second-order valence-corrected chi connectivity index (χ2v) is 8.14. The van der Waals surface area contributed by atoms with Gasteiger partial charge >= 0.3 is 0 Å². The highest BCUT2D eigenvalue weighted by molar-refractivity contribution is 5.94. The topological polar surface area (TPSA) is 50.8 Å². The summed E-state index contributed by atoms with van der Waals surface area (Å²) in [4.78, 5) is 14.9. The lowest BCUT2D eigenvalue weighted by atomic mass is 9.86. The van der Waals surface area contributed by atoms with E-state index in [0.29, 0.717) is 0 Å². The molecule has 0 aliphatic carbocycles. The zero-order valence-corrected chi connectivity index (χ0v) is 17.2. The van der Waals surface area contributed by atoms with Gasteiger partial charge in [-0.15, -0.1) is 0 Å². The second-order valence-electron chi connectivity index (χ2n) is 8.14. The van der Waals surface area contributed by atoms with Crippen LogP contribution in [0.1, 0.15) is 33.3 Å². The van der Waals surface area contributed by atoms with Crippen molar-refractivity contribution in [3.63, 3.8) is 0 Å². The number of carbonyl (C=O) groups excluding carboxylic acids is 1. The molecule has 0 radical (unpaired) electrons. The molecule has 0 saturated carbocycles. The number of anilines is 2. The van der Waals surface area contributed by atoms with E-state index in [4.69, 9.17) is 9.47 Å². The summed E-state index contributed by atoms with van der Waals surface area (Å²) in [6, 6.07) is 15.8. The van der Waals surface area contributed by atoms with Gasteiger partial charge in [-0.25, -0.2) is 0 Å². The normalized spacial score (nSPS) is 15.8. The average Bonchev–Trinajstić information content (AvgIpc) is 2.69. The molecule has 1 saturated heterocycles. The Morgan fingerprint density at radius 1 is 1.07 bits per heavy atom. The molecule has 3 rings (SSSR count). The van der Waals surface area contributed by atoms with Gasteiger partial charge in [-0.1, -0.05) is 39.0 Å². The van der Waals surface area contributed by atoms with Gasteiger partial charge in [0.05, 0.1) is 13.2 Å². The van der Waals surface area contributed by atoms with Crippen LogP contribution in [-0.2, 0) is 14.9 Å². The van der Waals surface area contributed by atoms with Crippen LogP contribution in [-0.4, -0.2) is 38.3 Å². The molecule has 5 nitrogen and oxygen atoms in total. The summed E-state index contributed by atoms with van der Waals surface area (Å²) >= 11 is 0. The predicted octanol–water partition coefficient (Wildman–Crippen LogP) is 4.23. The van der Waals surface area contributed by atoms with Crippen LogP contribution in [0.25, 0.3) is 0 Å². The minimum atomic E-state index is -0.595. The number of hydrogen-bond acceptors (Lipinski definition) is 4. The zero-order valence-electron chi connectivity index (χ0n) is 17.2. The number of carbonyl (C=O) groups is 1. The van der Waals surface area contributed by atoms with Gasteiger partial charge in [0.1, 0.15) is 5.75 Å². The molecule has 1 aliphatic heterocycles. The van der Waals surface area contributed by atoms with Crippen LogP contribution < -0.4 is 15.0 Å². The van der Waals surface area contributed by atoms with Crippen molar-refractivity contribution in [1.29, 1.82) is 0 Å². The maximum Gasteiger partial charge on any atom is 0.265 e. The molecular weight excluding hydrogens is 352 g/mol. The molecule has 1 aliphatic rings. The van der Waals surface area contributed by atoms with Crippen molar-refractivity contribution in [2.75, 3.05) is 36.5 Å². The van der Waals surface area contributed by atoms with E-state index in [1.54, 1.807) is 6.92 Å². The Kier molecular flexibility index (Phi) is 6.25. The summed E-state index contributed by atoms with van der Waals surface area (Å²) in [6.45, 7) is 11.5. The number of amides is 1. The molecule has 1 N–H and O–H groups in total. The highest BCUT2D eigenvalue weighted by Crippen LogP contribution is 2.31. The number of ether oxygens (including phenoxy) is 2. The Balaban J connectivity index is 1.62. The van der Waals surface area contributed by atoms with Crippen LogP contribution in [0, 0.1) is 0 Å². The van der Waals surface area contributed by atoms with Crippen LogP contribution in [0.3, 0.4) is 0 Å². The number of nitrogens with one attached hydrogen (secondary N) is 1. The van der Waals surface area contributed by atoms with Gasteiger partial charge in [0.2, 0.25) is 0 Å². The first kappa shape index (κ1) is 20.2. The largest absolute Gasteiger partial charge is 0.481 e. The van der Waals surface area contributed by atoms with Crippen molar-refractivity contribution in [1.82, 2.24) is 0 Å². The smallest absolute Gasteiger partial charge is 0.265 e. The standard InChI is InChI=1S/C23H30N2O3/c1-17(28-21-8-6-5-7-20(21)23(2,3)4)22(26)24-18-9-11-19(12-10-18)25-13-15-27-16-14-25/h5-12,17H,13-16H2,1-4H3,(H,24,26). The molecule has 2 aromatic carbocycles. The molecule has 0 spiro atoms. The summed E-state index contributed by atoms with van der Waals surface area (Å²) < 4.78 is 11.4. The van der Waals surface area contributed by atoms with Crippen LogP contribution >= 0.6 is 0 Å². The Morgan fingerprint density at radius 3 is 2.36 bits per heavy atom. The van der Waals surface area contributed by atoms with E-state index in [1.807, 2.05) is 48.5 Å². The lowest BCUT2D eigenvalue weighted by Gasteiger charge is -2.29. The highest BCUT2D eigenvalue weighted by Gasteiger charge is 2.22. The van der Waals surface area contributed by atoms with E-state index >= 15 is 0 Å². The van der Waals surface area contributed by atoms with Gasteiger partial charge in [0.15, 0.2) is 6.10 Å². The van der Waals surface area contributed by atoms with E-state index in [1.165, 1.54) is 0 Å². The molecule has 1 atom stereocenters. The lowest BCUT2D eigenvalue weighted by molar-refractivity contribution is -0.122. The summed E-state index contributed by atoms with van der Waals surface area (Å²) in [5.74, 6) is 0.586. The Bertz CT molecular complexity index is 790. The molecule has 28 heavy (non-hydrogen) atoms.